The molecule has 0 aromatic heterocycles. The first-order valence-corrected chi connectivity index (χ1v) is 9.55. The summed E-state index contributed by atoms with van der Waals surface area (Å²) in [4.78, 5) is 24.6. The zero-order chi connectivity index (χ0) is 20.5. The van der Waals surface area contributed by atoms with Crippen LogP contribution in [-0.2, 0) is 17.9 Å². The molecule has 5 nitrogen and oxygen atoms in total. The molecule has 0 radical (unpaired) electrons. The molecular weight excluding hydrogens is 388 g/mol. The molecule has 0 aliphatic heterocycles. The first-order valence-electron chi connectivity index (χ1n) is 9.17. The van der Waals surface area contributed by atoms with Crippen molar-refractivity contribution in [2.24, 2.45) is 0 Å². The second kappa shape index (κ2) is 10.3. The van der Waals surface area contributed by atoms with Crippen LogP contribution in [0.3, 0.4) is 0 Å². The highest BCUT2D eigenvalue weighted by atomic mass is 35.5. The third-order valence-corrected chi connectivity index (χ3v) is 4.40. The lowest BCUT2D eigenvalue weighted by atomic mass is 10.1. The van der Waals surface area contributed by atoms with Crippen molar-refractivity contribution in [1.82, 2.24) is 10.6 Å². The van der Waals surface area contributed by atoms with Crippen LogP contribution in [0.15, 0.2) is 78.9 Å². The van der Waals surface area contributed by atoms with Crippen molar-refractivity contribution in [2.75, 3.05) is 6.61 Å². The summed E-state index contributed by atoms with van der Waals surface area (Å²) in [5.74, 6) is -0.191. The van der Waals surface area contributed by atoms with Gasteiger partial charge < -0.3 is 15.4 Å². The average molecular weight is 409 g/mol. The van der Waals surface area contributed by atoms with E-state index in [4.69, 9.17) is 16.3 Å². The Labute approximate surface area is 174 Å². The Balaban J connectivity index is 1.53. The van der Waals surface area contributed by atoms with E-state index < -0.39 is 0 Å². The third kappa shape index (κ3) is 6.36. The predicted octanol–water partition coefficient (Wildman–Crippen LogP) is 3.97. The normalized spacial score (nSPS) is 10.2. The summed E-state index contributed by atoms with van der Waals surface area (Å²) in [6, 6.07) is 23.7. The number of rotatable bonds is 8. The molecule has 6 heteroatoms. The smallest absolute Gasteiger partial charge is 0.258 e. The van der Waals surface area contributed by atoms with Crippen molar-refractivity contribution < 1.29 is 14.3 Å². The van der Waals surface area contributed by atoms with E-state index in [1.165, 1.54) is 0 Å². The maximum atomic E-state index is 12.5. The number of carbonyl (C=O) groups is 2. The van der Waals surface area contributed by atoms with Gasteiger partial charge in [-0.3, -0.25) is 9.59 Å². The van der Waals surface area contributed by atoms with Gasteiger partial charge >= 0.3 is 0 Å². The van der Waals surface area contributed by atoms with Crippen molar-refractivity contribution >= 4 is 23.4 Å². The fourth-order valence-corrected chi connectivity index (χ4v) is 2.91. The molecule has 0 spiro atoms. The van der Waals surface area contributed by atoms with E-state index in [9.17, 15) is 9.59 Å². The Bertz CT molecular complexity index is 977. The zero-order valence-electron chi connectivity index (χ0n) is 15.7. The molecule has 0 saturated carbocycles. The quantitative estimate of drug-likeness (QED) is 0.592. The van der Waals surface area contributed by atoms with Gasteiger partial charge in [0.15, 0.2) is 6.61 Å². The van der Waals surface area contributed by atoms with Gasteiger partial charge in [0.25, 0.3) is 11.8 Å². The van der Waals surface area contributed by atoms with Crippen LogP contribution in [0.5, 0.6) is 5.75 Å². The van der Waals surface area contributed by atoms with Crippen LogP contribution in [0.2, 0.25) is 5.02 Å². The Morgan fingerprint density at radius 1 is 0.793 bits per heavy atom. The molecule has 0 aliphatic rings. The number of hydrogen-bond donors (Lipinski definition) is 2. The molecule has 0 atom stereocenters. The minimum atomic E-state index is -0.288. The summed E-state index contributed by atoms with van der Waals surface area (Å²) in [5, 5.41) is 6.25. The fourth-order valence-electron chi connectivity index (χ4n) is 2.70. The standard InChI is InChI=1S/C23H21ClN2O3/c24-19-10-6-9-18(13-19)15-25-22(27)16-29-21-12-5-4-11-20(21)23(28)26-14-17-7-2-1-3-8-17/h1-13H,14-16H2,(H,25,27)(H,26,28). The van der Waals surface area contributed by atoms with Crippen molar-refractivity contribution in [2.45, 2.75) is 13.1 Å². The van der Waals surface area contributed by atoms with Gasteiger partial charge in [-0.15, -0.1) is 0 Å². The maximum Gasteiger partial charge on any atom is 0.258 e. The van der Waals surface area contributed by atoms with Crippen LogP contribution in [0.4, 0.5) is 0 Å². The van der Waals surface area contributed by atoms with Crippen LogP contribution >= 0.6 is 11.6 Å². The van der Waals surface area contributed by atoms with Gasteiger partial charge in [0.2, 0.25) is 0 Å². The lowest BCUT2D eigenvalue weighted by Crippen LogP contribution is -2.29. The summed E-state index contributed by atoms with van der Waals surface area (Å²) >= 11 is 5.94. The van der Waals surface area contributed by atoms with Crippen LogP contribution in [0.1, 0.15) is 21.5 Å². The largest absolute Gasteiger partial charge is 0.483 e. The topological polar surface area (TPSA) is 67.4 Å². The van der Waals surface area contributed by atoms with Crippen LogP contribution in [-0.4, -0.2) is 18.4 Å². The molecule has 3 aromatic rings. The Hall–Kier alpha value is -3.31. The summed E-state index contributed by atoms with van der Waals surface area (Å²) < 4.78 is 5.59. The summed E-state index contributed by atoms with van der Waals surface area (Å²) in [6.07, 6.45) is 0. The molecule has 0 heterocycles. The van der Waals surface area contributed by atoms with E-state index in [2.05, 4.69) is 10.6 Å². The molecule has 0 saturated heterocycles. The molecular formula is C23H21ClN2O3. The highest BCUT2D eigenvalue weighted by molar-refractivity contribution is 6.30. The van der Waals surface area contributed by atoms with Crippen molar-refractivity contribution in [3.63, 3.8) is 0 Å². The summed E-state index contributed by atoms with van der Waals surface area (Å²) in [5.41, 5.74) is 2.28. The number of benzene rings is 3. The fraction of sp³-hybridized carbons (Fsp3) is 0.130. The summed E-state index contributed by atoms with van der Waals surface area (Å²) in [7, 11) is 0. The van der Waals surface area contributed by atoms with Gasteiger partial charge in [0.05, 0.1) is 5.56 Å². The van der Waals surface area contributed by atoms with Gasteiger partial charge in [0, 0.05) is 18.1 Å². The second-order valence-electron chi connectivity index (χ2n) is 6.36. The molecule has 0 aliphatic carbocycles. The minimum Gasteiger partial charge on any atom is -0.483 e. The van der Waals surface area contributed by atoms with Gasteiger partial charge in [0.1, 0.15) is 5.75 Å². The van der Waals surface area contributed by atoms with Crippen LogP contribution in [0.25, 0.3) is 0 Å². The molecule has 0 bridgehead atoms. The van der Waals surface area contributed by atoms with E-state index in [-0.39, 0.29) is 18.4 Å². The molecule has 3 rings (SSSR count). The van der Waals surface area contributed by atoms with Crippen LogP contribution < -0.4 is 15.4 Å². The Morgan fingerprint density at radius 2 is 1.48 bits per heavy atom. The van der Waals surface area contributed by atoms with Gasteiger partial charge in [-0.25, -0.2) is 0 Å². The molecule has 29 heavy (non-hydrogen) atoms. The number of nitrogens with one attached hydrogen (secondary N) is 2. The number of amides is 2. The highest BCUT2D eigenvalue weighted by Gasteiger charge is 2.13. The van der Waals surface area contributed by atoms with Crippen molar-refractivity contribution in [1.29, 1.82) is 0 Å². The Morgan fingerprint density at radius 3 is 2.28 bits per heavy atom. The molecule has 148 valence electrons. The first-order chi connectivity index (χ1) is 14.1. The minimum absolute atomic E-state index is 0.191. The van der Waals surface area contributed by atoms with Gasteiger partial charge in [-0.2, -0.15) is 0 Å². The summed E-state index contributed by atoms with van der Waals surface area (Å²) in [6.45, 7) is 0.569. The lowest BCUT2D eigenvalue weighted by molar-refractivity contribution is -0.123. The predicted molar refractivity (Wildman–Crippen MR) is 113 cm³/mol. The van der Waals surface area contributed by atoms with Crippen molar-refractivity contribution in [3.8, 4) is 5.75 Å². The third-order valence-electron chi connectivity index (χ3n) is 4.17. The maximum absolute atomic E-state index is 12.5. The van der Waals surface area contributed by atoms with E-state index in [1.54, 1.807) is 36.4 Å². The Kier molecular flexibility index (Phi) is 7.25. The van der Waals surface area contributed by atoms with E-state index in [0.29, 0.717) is 29.4 Å². The molecule has 2 amide bonds. The number of para-hydroxylation sites is 1. The zero-order valence-corrected chi connectivity index (χ0v) is 16.5. The van der Waals surface area contributed by atoms with E-state index in [0.717, 1.165) is 11.1 Å². The molecule has 3 aromatic carbocycles. The molecule has 0 fully saturated rings. The molecule has 2 N–H and O–H groups in total. The molecule has 0 unspecified atom stereocenters. The SMILES string of the molecule is O=C(COc1ccccc1C(=O)NCc1ccccc1)NCc1cccc(Cl)c1. The number of halogens is 1. The number of ether oxygens (including phenoxy) is 1. The van der Waals surface area contributed by atoms with Gasteiger partial charge in [-0.05, 0) is 35.4 Å². The lowest BCUT2D eigenvalue weighted by Gasteiger charge is -2.12. The van der Waals surface area contributed by atoms with Crippen molar-refractivity contribution in [3.05, 3.63) is 101 Å². The average Bonchev–Trinajstić information content (AvgIpc) is 2.75. The highest BCUT2D eigenvalue weighted by Crippen LogP contribution is 2.18. The van der Waals surface area contributed by atoms with E-state index >= 15 is 0 Å². The monoisotopic (exact) mass is 408 g/mol. The second-order valence-corrected chi connectivity index (χ2v) is 6.80. The number of carbonyl (C=O) groups excluding carboxylic acids is 2. The number of hydrogen-bond acceptors (Lipinski definition) is 3. The van der Waals surface area contributed by atoms with E-state index in [1.807, 2.05) is 42.5 Å². The van der Waals surface area contributed by atoms with Crippen LogP contribution in [0, 0.1) is 0 Å². The first kappa shape index (κ1) is 20.4. The van der Waals surface area contributed by atoms with Gasteiger partial charge in [-0.1, -0.05) is 66.2 Å².